The number of hydrogen-bond donors (Lipinski definition) is 1. The number of anilines is 1. The summed E-state index contributed by atoms with van der Waals surface area (Å²) in [4.78, 5) is 16.4. The Morgan fingerprint density at radius 2 is 2.05 bits per heavy atom. The fraction of sp³-hybridized carbons (Fsp3) is 0.294. The monoisotopic (exact) mass is 300 g/mol. The van der Waals surface area contributed by atoms with Gasteiger partial charge in [0.05, 0.1) is 30.3 Å². The first-order valence-corrected chi connectivity index (χ1v) is 7.17. The Balaban J connectivity index is 2.22. The Kier molecular flexibility index (Phi) is 5.91. The molecule has 0 aliphatic carbocycles. The number of aromatic nitrogens is 1. The Labute approximate surface area is 130 Å². The second-order valence-corrected chi connectivity index (χ2v) is 4.69. The average Bonchev–Trinajstić information content (AvgIpc) is 2.56. The number of hydrogen-bond acceptors (Lipinski definition) is 5. The molecule has 0 bridgehead atoms. The Hall–Kier alpha value is -2.40. The fourth-order valence-corrected chi connectivity index (χ4v) is 2.04. The van der Waals surface area contributed by atoms with Gasteiger partial charge >= 0.3 is 5.97 Å². The Morgan fingerprint density at radius 3 is 2.73 bits per heavy atom. The van der Waals surface area contributed by atoms with E-state index in [0.29, 0.717) is 31.0 Å². The van der Waals surface area contributed by atoms with E-state index >= 15 is 0 Å². The number of ether oxygens (including phenoxy) is 2. The van der Waals surface area contributed by atoms with Crippen LogP contribution in [0.1, 0.15) is 28.5 Å². The standard InChI is InChI=1S/C17H20N2O3/c1-3-22-12-19-14-10-15(17(20)21-2)16(18-11-14)9-13-7-5-4-6-8-13/h4-8,10-11,19H,3,9,12H2,1-2H3. The molecule has 5 nitrogen and oxygen atoms in total. The fourth-order valence-electron chi connectivity index (χ4n) is 2.04. The van der Waals surface area contributed by atoms with Crippen LogP contribution < -0.4 is 5.32 Å². The molecule has 1 aromatic heterocycles. The zero-order chi connectivity index (χ0) is 15.8. The SMILES string of the molecule is CCOCNc1cnc(Cc2ccccc2)c(C(=O)OC)c1. The van der Waals surface area contributed by atoms with E-state index in [-0.39, 0.29) is 0 Å². The minimum absolute atomic E-state index is 0.372. The zero-order valence-corrected chi connectivity index (χ0v) is 12.8. The largest absolute Gasteiger partial charge is 0.465 e. The predicted octanol–water partition coefficient (Wildman–Crippen LogP) is 2.86. The summed E-state index contributed by atoms with van der Waals surface area (Å²) >= 11 is 0. The number of benzene rings is 1. The van der Waals surface area contributed by atoms with Gasteiger partial charge in [0.2, 0.25) is 0 Å². The Morgan fingerprint density at radius 1 is 1.27 bits per heavy atom. The minimum Gasteiger partial charge on any atom is -0.465 e. The van der Waals surface area contributed by atoms with E-state index in [2.05, 4.69) is 10.3 Å². The van der Waals surface area contributed by atoms with Crippen LogP contribution in [0.2, 0.25) is 0 Å². The van der Waals surface area contributed by atoms with Crippen LogP contribution in [0.5, 0.6) is 0 Å². The van der Waals surface area contributed by atoms with Crippen molar-refractivity contribution in [1.29, 1.82) is 0 Å². The third-order valence-electron chi connectivity index (χ3n) is 3.17. The molecule has 0 saturated heterocycles. The van der Waals surface area contributed by atoms with Gasteiger partial charge in [-0.25, -0.2) is 4.79 Å². The summed E-state index contributed by atoms with van der Waals surface area (Å²) in [5.41, 5.74) is 2.98. The van der Waals surface area contributed by atoms with Crippen molar-refractivity contribution in [2.24, 2.45) is 0 Å². The lowest BCUT2D eigenvalue weighted by molar-refractivity contribution is 0.0599. The quantitative estimate of drug-likeness (QED) is 0.484. The van der Waals surface area contributed by atoms with Crippen molar-refractivity contribution in [2.45, 2.75) is 13.3 Å². The van der Waals surface area contributed by atoms with Crippen molar-refractivity contribution in [3.63, 3.8) is 0 Å². The number of methoxy groups -OCH3 is 1. The molecule has 0 unspecified atom stereocenters. The van der Waals surface area contributed by atoms with E-state index in [4.69, 9.17) is 9.47 Å². The maximum atomic E-state index is 12.0. The molecule has 0 aliphatic rings. The highest BCUT2D eigenvalue weighted by Crippen LogP contribution is 2.17. The summed E-state index contributed by atoms with van der Waals surface area (Å²) in [6.45, 7) is 2.91. The van der Waals surface area contributed by atoms with Gasteiger partial charge in [-0.1, -0.05) is 30.3 Å². The summed E-state index contributed by atoms with van der Waals surface area (Å²) < 4.78 is 10.1. The summed E-state index contributed by atoms with van der Waals surface area (Å²) in [5, 5.41) is 3.06. The van der Waals surface area contributed by atoms with Crippen LogP contribution in [0.15, 0.2) is 42.6 Å². The van der Waals surface area contributed by atoms with Gasteiger partial charge in [0.1, 0.15) is 6.73 Å². The first-order valence-electron chi connectivity index (χ1n) is 7.17. The Bertz CT molecular complexity index is 615. The van der Waals surface area contributed by atoms with E-state index in [1.54, 1.807) is 12.3 Å². The lowest BCUT2D eigenvalue weighted by Gasteiger charge is -2.11. The number of esters is 1. The number of carbonyl (C=O) groups is 1. The van der Waals surface area contributed by atoms with E-state index < -0.39 is 5.97 Å². The molecule has 0 saturated carbocycles. The average molecular weight is 300 g/mol. The maximum Gasteiger partial charge on any atom is 0.339 e. The molecule has 0 amide bonds. The lowest BCUT2D eigenvalue weighted by Crippen LogP contribution is -2.11. The summed E-state index contributed by atoms with van der Waals surface area (Å²) in [6.07, 6.45) is 2.28. The topological polar surface area (TPSA) is 60.5 Å². The number of carbonyl (C=O) groups excluding carboxylic acids is 1. The molecule has 1 N–H and O–H groups in total. The van der Waals surface area contributed by atoms with E-state index in [1.165, 1.54) is 7.11 Å². The van der Waals surface area contributed by atoms with E-state index in [9.17, 15) is 4.79 Å². The molecule has 2 aromatic rings. The number of nitrogens with one attached hydrogen (secondary N) is 1. The van der Waals surface area contributed by atoms with Gasteiger partial charge in [0, 0.05) is 13.0 Å². The van der Waals surface area contributed by atoms with Crippen LogP contribution in [-0.4, -0.2) is 31.4 Å². The lowest BCUT2D eigenvalue weighted by atomic mass is 10.0. The number of nitrogens with zero attached hydrogens (tertiary/aromatic N) is 1. The first kappa shape index (κ1) is 16.0. The zero-order valence-electron chi connectivity index (χ0n) is 12.8. The molecule has 1 heterocycles. The normalized spacial score (nSPS) is 10.3. The second kappa shape index (κ2) is 8.14. The molecule has 0 spiro atoms. The molecule has 0 aliphatic heterocycles. The molecular weight excluding hydrogens is 280 g/mol. The van der Waals surface area contributed by atoms with E-state index in [1.807, 2.05) is 37.3 Å². The molecule has 5 heteroatoms. The van der Waals surface area contributed by atoms with E-state index in [0.717, 1.165) is 11.3 Å². The maximum absolute atomic E-state index is 12.0. The van der Waals surface area contributed by atoms with Crippen molar-refractivity contribution in [2.75, 3.05) is 25.8 Å². The smallest absolute Gasteiger partial charge is 0.339 e. The van der Waals surface area contributed by atoms with Gasteiger partial charge in [0.25, 0.3) is 0 Å². The first-order chi connectivity index (χ1) is 10.7. The van der Waals surface area contributed by atoms with Crippen molar-refractivity contribution >= 4 is 11.7 Å². The third-order valence-corrected chi connectivity index (χ3v) is 3.17. The van der Waals surface area contributed by atoms with Gasteiger partial charge < -0.3 is 14.8 Å². The summed E-state index contributed by atoms with van der Waals surface area (Å²) in [7, 11) is 1.37. The van der Waals surface area contributed by atoms with Crippen LogP contribution in [-0.2, 0) is 15.9 Å². The highest BCUT2D eigenvalue weighted by Gasteiger charge is 2.14. The molecule has 1 aromatic carbocycles. The number of pyridine rings is 1. The van der Waals surface area contributed by atoms with Crippen LogP contribution in [0, 0.1) is 0 Å². The van der Waals surface area contributed by atoms with Crippen LogP contribution in [0.3, 0.4) is 0 Å². The summed E-state index contributed by atoms with van der Waals surface area (Å²) in [6, 6.07) is 11.6. The van der Waals surface area contributed by atoms with Crippen LogP contribution >= 0.6 is 0 Å². The van der Waals surface area contributed by atoms with Gasteiger partial charge in [-0.15, -0.1) is 0 Å². The van der Waals surface area contributed by atoms with Crippen molar-refractivity contribution in [3.8, 4) is 0 Å². The highest BCUT2D eigenvalue weighted by atomic mass is 16.5. The van der Waals surface area contributed by atoms with Crippen molar-refractivity contribution in [1.82, 2.24) is 4.98 Å². The molecule has 116 valence electrons. The second-order valence-electron chi connectivity index (χ2n) is 4.69. The predicted molar refractivity (Wildman–Crippen MR) is 84.9 cm³/mol. The minimum atomic E-state index is -0.390. The van der Waals surface area contributed by atoms with Crippen molar-refractivity contribution in [3.05, 3.63) is 59.4 Å². The third kappa shape index (κ3) is 4.30. The van der Waals surface area contributed by atoms with Gasteiger partial charge in [0.15, 0.2) is 0 Å². The van der Waals surface area contributed by atoms with Gasteiger partial charge in [-0.2, -0.15) is 0 Å². The van der Waals surface area contributed by atoms with Gasteiger partial charge in [-0.3, -0.25) is 4.98 Å². The number of rotatable bonds is 7. The molecule has 22 heavy (non-hydrogen) atoms. The molecule has 2 rings (SSSR count). The van der Waals surface area contributed by atoms with Gasteiger partial charge in [-0.05, 0) is 18.6 Å². The molecule has 0 radical (unpaired) electrons. The molecule has 0 fully saturated rings. The van der Waals surface area contributed by atoms with Crippen molar-refractivity contribution < 1.29 is 14.3 Å². The van der Waals surface area contributed by atoms with Crippen LogP contribution in [0.4, 0.5) is 5.69 Å². The molecule has 0 atom stereocenters. The molecular formula is C17H20N2O3. The van der Waals surface area contributed by atoms with Crippen LogP contribution in [0.25, 0.3) is 0 Å². The summed E-state index contributed by atoms with van der Waals surface area (Å²) in [5.74, 6) is -0.390. The highest BCUT2D eigenvalue weighted by molar-refractivity contribution is 5.91.